The first kappa shape index (κ1) is 20.3. The summed E-state index contributed by atoms with van der Waals surface area (Å²) in [7, 11) is 0. The van der Waals surface area contributed by atoms with Crippen LogP contribution in [0.4, 0.5) is 5.00 Å². The Morgan fingerprint density at radius 1 is 1.07 bits per heavy atom. The molecule has 0 bridgehead atoms. The predicted octanol–water partition coefficient (Wildman–Crippen LogP) is 5.38. The second-order valence-corrected chi connectivity index (χ2v) is 7.89. The fraction of sp³-hybridized carbons (Fsp3) is 0.250. The summed E-state index contributed by atoms with van der Waals surface area (Å²) in [6.07, 6.45) is 1.10. The molecule has 1 fully saturated rings. The van der Waals surface area contributed by atoms with Crippen LogP contribution in [0.2, 0.25) is 0 Å². The van der Waals surface area contributed by atoms with Crippen LogP contribution in [0, 0.1) is 0 Å². The van der Waals surface area contributed by atoms with Crippen LogP contribution < -0.4 is 5.32 Å². The van der Waals surface area contributed by atoms with Gasteiger partial charge in [0.15, 0.2) is 0 Å². The van der Waals surface area contributed by atoms with Gasteiger partial charge < -0.3 is 14.8 Å². The van der Waals surface area contributed by atoms with Gasteiger partial charge in [-0.15, -0.1) is 11.3 Å². The van der Waals surface area contributed by atoms with Crippen molar-refractivity contribution in [1.29, 1.82) is 0 Å². The minimum atomic E-state index is -0.462. The molecule has 0 unspecified atom stereocenters. The average Bonchev–Trinajstić information content (AvgIpc) is 3.45. The first-order chi connectivity index (χ1) is 14.7. The lowest BCUT2D eigenvalue weighted by Gasteiger charge is -2.12. The molecule has 154 valence electrons. The van der Waals surface area contributed by atoms with Crippen molar-refractivity contribution in [2.45, 2.75) is 25.9 Å². The Labute approximate surface area is 179 Å². The van der Waals surface area contributed by atoms with E-state index in [0.717, 1.165) is 28.7 Å². The van der Waals surface area contributed by atoms with E-state index < -0.39 is 12.1 Å². The molecular formula is C24H23NO4S. The summed E-state index contributed by atoms with van der Waals surface area (Å²) in [4.78, 5) is 25.2. The van der Waals surface area contributed by atoms with E-state index in [-0.39, 0.29) is 12.5 Å². The van der Waals surface area contributed by atoms with E-state index in [1.807, 2.05) is 47.8 Å². The van der Waals surface area contributed by atoms with Crippen molar-refractivity contribution in [3.05, 3.63) is 65.5 Å². The average molecular weight is 422 g/mol. The lowest BCUT2D eigenvalue weighted by molar-refractivity contribution is -0.124. The van der Waals surface area contributed by atoms with Crippen molar-refractivity contribution in [3.8, 4) is 22.3 Å². The van der Waals surface area contributed by atoms with Crippen LogP contribution in [0.25, 0.3) is 22.3 Å². The number of hydrogen-bond donors (Lipinski definition) is 1. The monoisotopic (exact) mass is 421 g/mol. The largest absolute Gasteiger partial charge is 0.462 e. The van der Waals surface area contributed by atoms with Crippen LogP contribution in [-0.4, -0.2) is 31.2 Å². The molecule has 0 saturated carbocycles. The number of carbonyl (C=O) groups is 2. The molecule has 0 radical (unpaired) electrons. The van der Waals surface area contributed by atoms with Gasteiger partial charge in [0.2, 0.25) is 0 Å². The molecule has 1 atom stereocenters. The van der Waals surface area contributed by atoms with Crippen molar-refractivity contribution >= 4 is 28.2 Å². The summed E-state index contributed by atoms with van der Waals surface area (Å²) in [5, 5.41) is 5.25. The Hall–Kier alpha value is -2.96. The highest BCUT2D eigenvalue weighted by atomic mass is 32.1. The van der Waals surface area contributed by atoms with Gasteiger partial charge in [0.05, 0.1) is 6.61 Å². The number of nitrogens with one attached hydrogen (secondary N) is 1. The Morgan fingerprint density at radius 2 is 1.77 bits per heavy atom. The van der Waals surface area contributed by atoms with Gasteiger partial charge in [0.25, 0.3) is 5.91 Å². The predicted molar refractivity (Wildman–Crippen MR) is 119 cm³/mol. The Bertz CT molecular complexity index is 1020. The summed E-state index contributed by atoms with van der Waals surface area (Å²) in [5.41, 5.74) is 4.26. The van der Waals surface area contributed by atoms with Crippen LogP contribution in [-0.2, 0) is 14.3 Å². The molecule has 4 rings (SSSR count). The number of ether oxygens (including phenoxy) is 2. The zero-order chi connectivity index (χ0) is 20.9. The van der Waals surface area contributed by atoms with E-state index in [4.69, 9.17) is 9.47 Å². The van der Waals surface area contributed by atoms with E-state index in [1.165, 1.54) is 11.3 Å². The maximum atomic E-state index is 12.7. The molecule has 1 amide bonds. The smallest absolute Gasteiger partial charge is 0.341 e. The molecule has 2 aromatic carbocycles. The fourth-order valence-electron chi connectivity index (χ4n) is 3.52. The molecular weight excluding hydrogens is 398 g/mol. The third kappa shape index (κ3) is 4.30. The number of hydrogen-bond acceptors (Lipinski definition) is 5. The molecule has 1 aromatic heterocycles. The van der Waals surface area contributed by atoms with E-state index in [0.29, 0.717) is 23.6 Å². The highest BCUT2D eigenvalue weighted by Crippen LogP contribution is 2.37. The van der Waals surface area contributed by atoms with E-state index >= 15 is 0 Å². The number of anilines is 1. The number of esters is 1. The summed E-state index contributed by atoms with van der Waals surface area (Å²) in [6, 6.07) is 18.1. The van der Waals surface area contributed by atoms with Crippen molar-refractivity contribution in [2.24, 2.45) is 0 Å². The van der Waals surface area contributed by atoms with Crippen molar-refractivity contribution in [3.63, 3.8) is 0 Å². The van der Waals surface area contributed by atoms with Gasteiger partial charge in [-0.05, 0) is 36.5 Å². The molecule has 2 heterocycles. The Morgan fingerprint density at radius 3 is 2.43 bits per heavy atom. The number of carbonyl (C=O) groups excluding carboxylic acids is 2. The zero-order valence-corrected chi connectivity index (χ0v) is 17.5. The highest BCUT2D eigenvalue weighted by molar-refractivity contribution is 7.15. The van der Waals surface area contributed by atoms with E-state index in [2.05, 4.69) is 17.4 Å². The minimum Gasteiger partial charge on any atom is -0.462 e. The lowest BCUT2D eigenvalue weighted by atomic mass is 9.99. The SMILES string of the molecule is CCOC(=O)c1c(-c2ccc(-c3ccccc3)cc2)csc1NC(=O)[C@H]1CCCO1. The van der Waals surface area contributed by atoms with Gasteiger partial charge in [-0.3, -0.25) is 4.79 Å². The third-order valence-electron chi connectivity index (χ3n) is 5.03. The van der Waals surface area contributed by atoms with Gasteiger partial charge in [0, 0.05) is 17.6 Å². The van der Waals surface area contributed by atoms with Gasteiger partial charge >= 0.3 is 5.97 Å². The van der Waals surface area contributed by atoms with Crippen LogP contribution in [0.1, 0.15) is 30.1 Å². The van der Waals surface area contributed by atoms with E-state index in [1.54, 1.807) is 6.92 Å². The number of rotatable bonds is 6. The normalized spacial score (nSPS) is 15.7. The molecule has 1 N–H and O–H groups in total. The molecule has 3 aromatic rings. The standard InChI is InChI=1S/C24H23NO4S/c1-2-28-24(27)21-19(15-30-23(21)25-22(26)20-9-6-14-29-20)18-12-10-17(11-13-18)16-7-4-3-5-8-16/h3-5,7-8,10-13,15,20H,2,6,9,14H2,1H3,(H,25,26)/t20-/m1/s1. The second-order valence-electron chi connectivity index (χ2n) is 7.01. The van der Waals surface area contributed by atoms with Crippen LogP contribution in [0.3, 0.4) is 0 Å². The zero-order valence-electron chi connectivity index (χ0n) is 16.7. The van der Waals surface area contributed by atoms with Gasteiger partial charge in [-0.2, -0.15) is 0 Å². The van der Waals surface area contributed by atoms with Crippen LogP contribution >= 0.6 is 11.3 Å². The second kappa shape index (κ2) is 9.24. The number of amides is 1. The Balaban J connectivity index is 1.64. The van der Waals surface area contributed by atoms with E-state index in [9.17, 15) is 9.59 Å². The summed E-state index contributed by atoms with van der Waals surface area (Å²) in [5.74, 6) is -0.658. The number of thiophene rings is 1. The first-order valence-corrected chi connectivity index (χ1v) is 10.9. The summed E-state index contributed by atoms with van der Waals surface area (Å²) >= 11 is 1.32. The quantitative estimate of drug-likeness (QED) is 0.543. The molecule has 6 heteroatoms. The molecule has 1 saturated heterocycles. The number of benzene rings is 2. The maximum Gasteiger partial charge on any atom is 0.341 e. The van der Waals surface area contributed by atoms with Crippen LogP contribution in [0.5, 0.6) is 0 Å². The minimum absolute atomic E-state index is 0.217. The highest BCUT2D eigenvalue weighted by Gasteiger charge is 2.27. The lowest BCUT2D eigenvalue weighted by Crippen LogP contribution is -2.27. The topological polar surface area (TPSA) is 64.6 Å². The summed E-state index contributed by atoms with van der Waals surface area (Å²) in [6.45, 7) is 2.62. The van der Waals surface area contributed by atoms with Gasteiger partial charge in [-0.1, -0.05) is 54.6 Å². The van der Waals surface area contributed by atoms with Crippen molar-refractivity contribution in [2.75, 3.05) is 18.5 Å². The molecule has 1 aliphatic heterocycles. The van der Waals surface area contributed by atoms with Crippen molar-refractivity contribution < 1.29 is 19.1 Å². The molecule has 0 aliphatic carbocycles. The molecule has 1 aliphatic rings. The van der Waals surface area contributed by atoms with Gasteiger partial charge in [-0.25, -0.2) is 4.79 Å². The first-order valence-electron chi connectivity index (χ1n) is 10.0. The third-order valence-corrected chi connectivity index (χ3v) is 5.93. The van der Waals surface area contributed by atoms with Crippen LogP contribution in [0.15, 0.2) is 60.0 Å². The summed E-state index contributed by atoms with van der Waals surface area (Å²) < 4.78 is 10.7. The molecule has 30 heavy (non-hydrogen) atoms. The van der Waals surface area contributed by atoms with Crippen molar-refractivity contribution in [1.82, 2.24) is 0 Å². The molecule has 0 spiro atoms. The fourth-order valence-corrected chi connectivity index (χ4v) is 4.48. The molecule has 5 nitrogen and oxygen atoms in total. The van der Waals surface area contributed by atoms with Gasteiger partial charge in [0.1, 0.15) is 16.7 Å². The Kier molecular flexibility index (Phi) is 6.26. The maximum absolute atomic E-state index is 12.7.